The molecule has 1 unspecified atom stereocenters. The number of aliphatic imine (C=N–C) groups is 1. The number of rotatable bonds is 10. The molecule has 0 aliphatic rings. The molecule has 0 bridgehead atoms. The highest BCUT2D eigenvalue weighted by atomic mass is 19.4. The van der Waals surface area contributed by atoms with Gasteiger partial charge in [0.25, 0.3) is 0 Å². The SMILES string of the molecule is C=C(CCCOC)C(O)(c1cc(C)c(N=CN(C)CC)cc1OC)C(F)(F)F. The Hall–Kier alpha value is -2.06. The van der Waals surface area contributed by atoms with Gasteiger partial charge in [0.2, 0.25) is 5.60 Å². The lowest BCUT2D eigenvalue weighted by molar-refractivity contribution is -0.251. The Bertz CT molecular complexity index is 705. The molecule has 0 spiro atoms. The first-order chi connectivity index (χ1) is 13.0. The lowest BCUT2D eigenvalue weighted by atomic mass is 9.82. The summed E-state index contributed by atoms with van der Waals surface area (Å²) in [7, 11) is 4.54. The topological polar surface area (TPSA) is 54.3 Å². The first-order valence-corrected chi connectivity index (χ1v) is 8.92. The van der Waals surface area contributed by atoms with Crippen molar-refractivity contribution in [2.75, 3.05) is 34.4 Å². The third kappa shape index (κ3) is 5.26. The van der Waals surface area contributed by atoms with Crippen LogP contribution < -0.4 is 4.74 Å². The molecule has 1 aromatic rings. The maximum absolute atomic E-state index is 14.0. The molecule has 0 heterocycles. The summed E-state index contributed by atoms with van der Waals surface area (Å²) in [5.41, 5.74) is -3.07. The molecule has 1 aromatic carbocycles. The summed E-state index contributed by atoms with van der Waals surface area (Å²) in [6, 6.07) is 2.65. The van der Waals surface area contributed by atoms with E-state index in [4.69, 9.17) is 9.47 Å². The molecule has 0 fully saturated rings. The number of alkyl halides is 3. The fourth-order valence-electron chi connectivity index (χ4n) is 2.66. The van der Waals surface area contributed by atoms with Crippen LogP contribution in [0.25, 0.3) is 0 Å². The van der Waals surface area contributed by atoms with E-state index in [1.54, 1.807) is 13.3 Å². The van der Waals surface area contributed by atoms with Crippen LogP contribution in [0.4, 0.5) is 18.9 Å². The first-order valence-electron chi connectivity index (χ1n) is 8.92. The number of methoxy groups -OCH3 is 2. The van der Waals surface area contributed by atoms with Crippen LogP contribution in [0.5, 0.6) is 5.75 Å². The Morgan fingerprint density at radius 2 is 1.96 bits per heavy atom. The van der Waals surface area contributed by atoms with E-state index in [1.165, 1.54) is 26.4 Å². The van der Waals surface area contributed by atoms with E-state index >= 15 is 0 Å². The number of benzene rings is 1. The third-order valence-corrected chi connectivity index (χ3v) is 4.55. The van der Waals surface area contributed by atoms with Gasteiger partial charge in [-0.15, -0.1) is 0 Å². The molecule has 0 saturated carbocycles. The zero-order valence-electron chi connectivity index (χ0n) is 17.1. The van der Waals surface area contributed by atoms with Crippen molar-refractivity contribution in [1.82, 2.24) is 4.90 Å². The minimum absolute atomic E-state index is 0.0484. The maximum Gasteiger partial charge on any atom is 0.425 e. The molecule has 0 aromatic heterocycles. The predicted molar refractivity (Wildman–Crippen MR) is 104 cm³/mol. The fourth-order valence-corrected chi connectivity index (χ4v) is 2.66. The van der Waals surface area contributed by atoms with E-state index in [-0.39, 0.29) is 24.4 Å². The Labute approximate surface area is 164 Å². The Balaban J connectivity index is 3.47. The van der Waals surface area contributed by atoms with Gasteiger partial charge in [-0.1, -0.05) is 6.58 Å². The van der Waals surface area contributed by atoms with Crippen molar-refractivity contribution in [2.45, 2.75) is 38.5 Å². The average Bonchev–Trinajstić information content (AvgIpc) is 2.64. The summed E-state index contributed by atoms with van der Waals surface area (Å²) in [5.74, 6) is -0.107. The van der Waals surface area contributed by atoms with Gasteiger partial charge in [-0.3, -0.25) is 0 Å². The Morgan fingerprint density at radius 3 is 2.46 bits per heavy atom. The van der Waals surface area contributed by atoms with Crippen LogP contribution >= 0.6 is 0 Å². The molecule has 8 heteroatoms. The van der Waals surface area contributed by atoms with Crippen LogP contribution in [-0.4, -0.2) is 56.9 Å². The van der Waals surface area contributed by atoms with Crippen LogP contribution in [0.2, 0.25) is 0 Å². The zero-order valence-corrected chi connectivity index (χ0v) is 17.1. The number of hydrogen-bond donors (Lipinski definition) is 1. The smallest absolute Gasteiger partial charge is 0.425 e. The van der Waals surface area contributed by atoms with Gasteiger partial charge in [0.1, 0.15) is 5.75 Å². The standard InChI is InChI=1S/C20H29F3N2O3/c1-7-25(4)13-24-17-12-18(28-6)16(11-14(17)2)19(26,20(21,22)23)15(3)9-8-10-27-5/h11-13,26H,3,7-10H2,1-2,4-6H3. The van der Waals surface area contributed by atoms with Crippen molar-refractivity contribution in [3.05, 3.63) is 35.4 Å². The molecule has 1 atom stereocenters. The van der Waals surface area contributed by atoms with Gasteiger partial charge in [-0.2, -0.15) is 13.2 Å². The number of halogens is 3. The summed E-state index contributed by atoms with van der Waals surface area (Å²) < 4.78 is 52.0. The molecule has 1 rings (SSSR count). The number of aliphatic hydroxyl groups is 1. The van der Waals surface area contributed by atoms with Crippen molar-refractivity contribution in [3.63, 3.8) is 0 Å². The van der Waals surface area contributed by atoms with Gasteiger partial charge < -0.3 is 19.5 Å². The van der Waals surface area contributed by atoms with Crippen LogP contribution in [-0.2, 0) is 10.3 Å². The lowest BCUT2D eigenvalue weighted by Gasteiger charge is -2.34. The van der Waals surface area contributed by atoms with Crippen molar-refractivity contribution in [2.24, 2.45) is 4.99 Å². The highest BCUT2D eigenvalue weighted by Gasteiger charge is 2.58. The lowest BCUT2D eigenvalue weighted by Crippen LogP contribution is -2.44. The van der Waals surface area contributed by atoms with Crippen LogP contribution in [0, 0.1) is 6.92 Å². The molecule has 28 heavy (non-hydrogen) atoms. The Morgan fingerprint density at radius 1 is 1.32 bits per heavy atom. The minimum Gasteiger partial charge on any atom is -0.496 e. The fraction of sp³-hybridized carbons (Fsp3) is 0.550. The van der Waals surface area contributed by atoms with E-state index in [1.807, 2.05) is 18.9 Å². The van der Waals surface area contributed by atoms with Crippen molar-refractivity contribution in [1.29, 1.82) is 0 Å². The van der Waals surface area contributed by atoms with Crippen LogP contribution in [0.15, 0.2) is 29.3 Å². The molecule has 5 nitrogen and oxygen atoms in total. The van der Waals surface area contributed by atoms with Gasteiger partial charge >= 0.3 is 6.18 Å². The second kappa shape index (κ2) is 9.93. The molecular formula is C20H29F3N2O3. The van der Waals surface area contributed by atoms with Gasteiger partial charge in [-0.25, -0.2) is 4.99 Å². The molecule has 0 aliphatic carbocycles. The van der Waals surface area contributed by atoms with Gasteiger partial charge in [-0.05, 0) is 43.9 Å². The number of hydrogen-bond acceptors (Lipinski definition) is 4. The molecular weight excluding hydrogens is 373 g/mol. The Kier molecular flexibility index (Phi) is 8.50. The summed E-state index contributed by atoms with van der Waals surface area (Å²) in [4.78, 5) is 6.12. The molecule has 0 aliphatic heterocycles. The molecule has 0 radical (unpaired) electrons. The monoisotopic (exact) mass is 402 g/mol. The number of ether oxygens (including phenoxy) is 2. The van der Waals surface area contributed by atoms with Gasteiger partial charge in [0.15, 0.2) is 0 Å². The van der Waals surface area contributed by atoms with Crippen molar-refractivity contribution in [3.8, 4) is 5.75 Å². The predicted octanol–water partition coefficient (Wildman–Crippen LogP) is 4.35. The van der Waals surface area contributed by atoms with E-state index in [9.17, 15) is 18.3 Å². The normalized spacial score (nSPS) is 14.2. The number of nitrogens with zero attached hydrogens (tertiary/aromatic N) is 2. The second-order valence-electron chi connectivity index (χ2n) is 6.56. The van der Waals surface area contributed by atoms with E-state index < -0.39 is 17.3 Å². The van der Waals surface area contributed by atoms with E-state index in [2.05, 4.69) is 11.6 Å². The van der Waals surface area contributed by atoms with Crippen LogP contribution in [0.3, 0.4) is 0 Å². The largest absolute Gasteiger partial charge is 0.496 e. The highest BCUT2D eigenvalue weighted by molar-refractivity contribution is 5.65. The number of aryl methyl sites for hydroxylation is 1. The average molecular weight is 402 g/mol. The molecule has 1 N–H and O–H groups in total. The maximum atomic E-state index is 14.0. The van der Waals surface area contributed by atoms with E-state index in [0.717, 1.165) is 6.54 Å². The summed E-state index contributed by atoms with van der Waals surface area (Å²) in [6.45, 7) is 8.09. The van der Waals surface area contributed by atoms with Crippen LogP contribution in [0.1, 0.15) is 30.9 Å². The van der Waals surface area contributed by atoms with Crippen molar-refractivity contribution < 1.29 is 27.8 Å². The molecule has 158 valence electrons. The van der Waals surface area contributed by atoms with Gasteiger partial charge in [0.05, 0.1) is 19.1 Å². The molecule has 0 amide bonds. The quantitative estimate of drug-likeness (QED) is 0.274. The summed E-state index contributed by atoms with van der Waals surface area (Å²) in [6.07, 6.45) is -3.13. The first kappa shape index (κ1) is 24.0. The summed E-state index contributed by atoms with van der Waals surface area (Å²) >= 11 is 0. The third-order valence-electron chi connectivity index (χ3n) is 4.55. The summed E-state index contributed by atoms with van der Waals surface area (Å²) in [5, 5.41) is 10.8. The van der Waals surface area contributed by atoms with Gasteiger partial charge in [0, 0.05) is 38.9 Å². The van der Waals surface area contributed by atoms with E-state index in [0.29, 0.717) is 17.7 Å². The second-order valence-corrected chi connectivity index (χ2v) is 6.56. The molecule has 0 saturated heterocycles. The highest BCUT2D eigenvalue weighted by Crippen LogP contribution is 2.49. The van der Waals surface area contributed by atoms with Crippen molar-refractivity contribution >= 4 is 12.0 Å². The zero-order chi connectivity index (χ0) is 21.5. The minimum atomic E-state index is -4.97.